The molecule has 2 aromatic carbocycles. The van der Waals surface area contributed by atoms with E-state index in [9.17, 15) is 22.8 Å². The van der Waals surface area contributed by atoms with Crippen LogP contribution >= 0.6 is 23.2 Å². The zero-order chi connectivity index (χ0) is 32.1. The van der Waals surface area contributed by atoms with Crippen molar-refractivity contribution >= 4 is 41.0 Å². The minimum Gasteiger partial charge on any atom is -0.463 e. The lowest BCUT2D eigenvalue weighted by Crippen LogP contribution is -2.47. The standard InChI is InChI=1S/C30H31Cl2F3N6O3/c1-27(2,3)15-29(18-5-7-19(31)8-6-18)25(43)41(26(36)39-29)22(14-44-23(42)13-28(10-11-28)30(33,34)35)17-4-9-21(32)20(12-17)24-37-16-38-40-24/h4-9,12,16,22H,10-11,13-15H2,1-3H3,(H2,36,39)(H,37,38,40)/t22-,29-/m1/s1. The second-order valence-electron chi connectivity index (χ2n) is 12.5. The summed E-state index contributed by atoms with van der Waals surface area (Å²) in [7, 11) is 0. The van der Waals surface area contributed by atoms with Crippen LogP contribution in [0.2, 0.25) is 10.0 Å². The fraction of sp³-hybridized carbons (Fsp3) is 0.433. The molecule has 0 saturated heterocycles. The average Bonchev–Trinajstić information content (AvgIpc) is 3.43. The number of benzene rings is 2. The molecule has 44 heavy (non-hydrogen) atoms. The maximum atomic E-state index is 14.6. The fourth-order valence-corrected chi connectivity index (χ4v) is 5.93. The van der Waals surface area contributed by atoms with Gasteiger partial charge in [0.1, 0.15) is 12.9 Å². The lowest BCUT2D eigenvalue weighted by Gasteiger charge is -2.35. The van der Waals surface area contributed by atoms with E-state index in [1.54, 1.807) is 42.5 Å². The zero-order valence-electron chi connectivity index (χ0n) is 24.2. The summed E-state index contributed by atoms with van der Waals surface area (Å²) in [5.41, 5.74) is 4.00. The highest BCUT2D eigenvalue weighted by Gasteiger charge is 2.64. The van der Waals surface area contributed by atoms with Crippen molar-refractivity contribution in [2.45, 2.75) is 64.2 Å². The molecule has 1 saturated carbocycles. The topological polar surface area (TPSA) is 127 Å². The van der Waals surface area contributed by atoms with E-state index in [1.165, 1.54) is 11.2 Å². The number of nitrogens with two attached hydrogens (primary N) is 1. The van der Waals surface area contributed by atoms with Gasteiger partial charge in [-0.1, -0.05) is 62.2 Å². The molecule has 0 radical (unpaired) electrons. The number of aromatic nitrogens is 3. The minimum absolute atomic E-state index is 0.139. The first kappa shape index (κ1) is 31.8. The summed E-state index contributed by atoms with van der Waals surface area (Å²) < 4.78 is 46.2. The van der Waals surface area contributed by atoms with Crippen LogP contribution in [0.1, 0.15) is 63.6 Å². The molecule has 0 spiro atoms. The largest absolute Gasteiger partial charge is 0.463 e. The van der Waals surface area contributed by atoms with Gasteiger partial charge < -0.3 is 10.5 Å². The monoisotopic (exact) mass is 650 g/mol. The first-order valence-corrected chi connectivity index (χ1v) is 14.6. The van der Waals surface area contributed by atoms with Gasteiger partial charge in [-0.15, -0.1) is 0 Å². The molecule has 2 heterocycles. The molecule has 0 bridgehead atoms. The van der Waals surface area contributed by atoms with Gasteiger partial charge in [0.05, 0.1) is 22.9 Å². The van der Waals surface area contributed by atoms with Gasteiger partial charge in [-0.25, -0.2) is 9.98 Å². The van der Waals surface area contributed by atoms with Crippen molar-refractivity contribution in [2.24, 2.45) is 21.6 Å². The Morgan fingerprint density at radius 2 is 1.82 bits per heavy atom. The third-order valence-electron chi connectivity index (χ3n) is 7.93. The number of nitrogens with zero attached hydrogens (tertiary/aromatic N) is 4. The van der Waals surface area contributed by atoms with Crippen molar-refractivity contribution < 1.29 is 27.5 Å². The number of alkyl halides is 3. The van der Waals surface area contributed by atoms with Gasteiger partial charge in [0, 0.05) is 10.6 Å². The van der Waals surface area contributed by atoms with Crippen molar-refractivity contribution in [2.75, 3.05) is 6.61 Å². The number of aromatic amines is 1. The van der Waals surface area contributed by atoms with E-state index in [4.69, 9.17) is 38.7 Å². The molecule has 9 nitrogen and oxygen atoms in total. The van der Waals surface area contributed by atoms with Crippen molar-refractivity contribution in [1.29, 1.82) is 0 Å². The third kappa shape index (κ3) is 6.14. The molecule has 5 rings (SSSR count). The number of esters is 1. The summed E-state index contributed by atoms with van der Waals surface area (Å²) in [5.74, 6) is -1.32. The second-order valence-corrected chi connectivity index (χ2v) is 13.3. The van der Waals surface area contributed by atoms with E-state index in [1.807, 2.05) is 20.8 Å². The Labute approximate surface area is 262 Å². The summed E-state index contributed by atoms with van der Waals surface area (Å²) in [6.07, 6.45) is -4.07. The molecule has 14 heteroatoms. The van der Waals surface area contributed by atoms with E-state index in [-0.39, 0.29) is 25.2 Å². The van der Waals surface area contributed by atoms with Crippen molar-refractivity contribution in [1.82, 2.24) is 20.1 Å². The van der Waals surface area contributed by atoms with Crippen LogP contribution in [0.15, 0.2) is 53.8 Å². The highest BCUT2D eigenvalue weighted by Crippen LogP contribution is 2.60. The van der Waals surface area contributed by atoms with Crippen molar-refractivity contribution in [3.05, 3.63) is 70.0 Å². The Hall–Kier alpha value is -3.64. The molecular formula is C30H31Cl2F3N6O3. The first-order chi connectivity index (χ1) is 20.6. The zero-order valence-corrected chi connectivity index (χ0v) is 25.7. The van der Waals surface area contributed by atoms with Gasteiger partial charge in [-0.2, -0.15) is 18.3 Å². The van der Waals surface area contributed by atoms with Gasteiger partial charge in [0.25, 0.3) is 5.91 Å². The summed E-state index contributed by atoms with van der Waals surface area (Å²) in [5, 5.41) is 7.38. The first-order valence-electron chi connectivity index (χ1n) is 13.9. The SMILES string of the molecule is CC(C)(C)C[C@]1(c2ccc(Cl)cc2)N=C(N)N([C@H](COC(=O)CC2(C(F)(F)F)CC2)c2ccc(Cl)c(-c3ncn[nH]3)c2)C1=O. The van der Waals surface area contributed by atoms with Crippen LogP contribution in [-0.4, -0.2) is 50.7 Å². The number of rotatable bonds is 9. The third-order valence-corrected chi connectivity index (χ3v) is 8.51. The second kappa shape index (κ2) is 11.4. The van der Waals surface area contributed by atoms with Crippen LogP contribution in [0.25, 0.3) is 11.4 Å². The number of H-pyrrole nitrogens is 1. The molecule has 2 aliphatic rings. The Morgan fingerprint density at radius 3 is 2.39 bits per heavy atom. The number of halogens is 5. The highest BCUT2D eigenvalue weighted by atomic mass is 35.5. The van der Waals surface area contributed by atoms with E-state index in [2.05, 4.69) is 15.2 Å². The summed E-state index contributed by atoms with van der Waals surface area (Å²) in [6, 6.07) is 10.5. The Balaban J connectivity index is 1.54. The minimum atomic E-state index is -4.53. The smallest absolute Gasteiger partial charge is 0.395 e. The van der Waals surface area contributed by atoms with Gasteiger partial charge in [-0.05, 0) is 60.1 Å². The summed E-state index contributed by atoms with van der Waals surface area (Å²) >= 11 is 12.6. The van der Waals surface area contributed by atoms with Gasteiger partial charge in [0.15, 0.2) is 17.3 Å². The number of carbonyl (C=O) groups excluding carboxylic acids is 2. The predicted molar refractivity (Wildman–Crippen MR) is 159 cm³/mol. The van der Waals surface area contributed by atoms with Crippen LogP contribution < -0.4 is 5.73 Å². The molecule has 3 aromatic rings. The van der Waals surface area contributed by atoms with Crippen LogP contribution in [0, 0.1) is 10.8 Å². The van der Waals surface area contributed by atoms with E-state index >= 15 is 0 Å². The number of ether oxygens (including phenoxy) is 1. The molecule has 1 amide bonds. The Kier molecular flexibility index (Phi) is 8.21. The normalized spacial score (nSPS) is 20.4. The molecule has 0 unspecified atom stereocenters. The Bertz CT molecular complexity index is 1580. The summed E-state index contributed by atoms with van der Waals surface area (Å²) in [4.78, 5) is 37.5. The van der Waals surface area contributed by atoms with Gasteiger partial charge >= 0.3 is 12.1 Å². The average molecular weight is 652 g/mol. The molecular weight excluding hydrogens is 620 g/mol. The number of hydrogen-bond acceptors (Lipinski definition) is 7. The molecule has 1 fully saturated rings. The molecule has 1 aliphatic heterocycles. The van der Waals surface area contributed by atoms with Crippen LogP contribution in [0.3, 0.4) is 0 Å². The van der Waals surface area contributed by atoms with Gasteiger partial charge in [-0.3, -0.25) is 19.6 Å². The number of guanidine groups is 1. The number of nitrogens with one attached hydrogen (secondary N) is 1. The Morgan fingerprint density at radius 1 is 1.14 bits per heavy atom. The maximum Gasteiger partial charge on any atom is 0.395 e. The van der Waals surface area contributed by atoms with Gasteiger partial charge in [0.2, 0.25) is 0 Å². The predicted octanol–water partition coefficient (Wildman–Crippen LogP) is 6.58. The van der Waals surface area contributed by atoms with Crippen molar-refractivity contribution in [3.8, 4) is 11.4 Å². The number of aliphatic imine (C=N–C) groups is 1. The van der Waals surface area contributed by atoms with E-state index < -0.39 is 53.5 Å². The quantitative estimate of drug-likeness (QED) is 0.252. The number of carbonyl (C=O) groups is 2. The van der Waals surface area contributed by atoms with Crippen LogP contribution in [0.5, 0.6) is 0 Å². The number of hydrogen-bond donors (Lipinski definition) is 2. The maximum absolute atomic E-state index is 14.6. The van der Waals surface area contributed by atoms with Crippen LogP contribution in [0.4, 0.5) is 13.2 Å². The fourth-order valence-electron chi connectivity index (χ4n) is 5.60. The van der Waals surface area contributed by atoms with E-state index in [0.29, 0.717) is 32.6 Å². The number of amides is 1. The van der Waals surface area contributed by atoms with Crippen LogP contribution in [-0.2, 0) is 19.9 Å². The van der Waals surface area contributed by atoms with E-state index in [0.717, 1.165) is 0 Å². The molecule has 2 atom stereocenters. The highest BCUT2D eigenvalue weighted by molar-refractivity contribution is 6.33. The molecule has 1 aromatic heterocycles. The lowest BCUT2D eigenvalue weighted by atomic mass is 9.75. The lowest BCUT2D eigenvalue weighted by molar-refractivity contribution is -0.195. The van der Waals surface area contributed by atoms with Crippen molar-refractivity contribution in [3.63, 3.8) is 0 Å². The molecule has 3 N–H and O–H groups in total. The molecule has 1 aliphatic carbocycles. The summed E-state index contributed by atoms with van der Waals surface area (Å²) in [6.45, 7) is 5.40. The molecule has 234 valence electrons.